The maximum Gasteiger partial charge on any atom is 0.214 e. The third-order valence-corrected chi connectivity index (χ3v) is 4.58. The van der Waals surface area contributed by atoms with Crippen molar-refractivity contribution in [2.24, 2.45) is 0 Å². The van der Waals surface area contributed by atoms with Crippen molar-refractivity contribution in [3.8, 4) is 5.69 Å². The number of nitrogen functional groups attached to an aromatic ring is 1. The molecule has 0 amide bonds. The molecule has 0 atom stereocenters. The van der Waals surface area contributed by atoms with E-state index >= 15 is 0 Å². The summed E-state index contributed by atoms with van der Waals surface area (Å²) in [6.07, 6.45) is 0. The van der Waals surface area contributed by atoms with E-state index in [4.69, 9.17) is 5.73 Å². The van der Waals surface area contributed by atoms with Gasteiger partial charge in [-0.15, -0.1) is 5.10 Å². The van der Waals surface area contributed by atoms with Crippen LogP contribution in [0.4, 0.5) is 5.69 Å². The van der Waals surface area contributed by atoms with Gasteiger partial charge in [0.1, 0.15) is 0 Å². The molecule has 0 unspecified atom stereocenters. The fourth-order valence-corrected chi connectivity index (χ4v) is 3.44. The largest absolute Gasteiger partial charge is 0.399 e. The number of para-hydroxylation sites is 1. The molecule has 106 valence electrons. The predicted octanol–water partition coefficient (Wildman–Crippen LogP) is 3.30. The molecule has 0 spiro atoms. The molecule has 2 N–H and O–H groups in total. The summed E-state index contributed by atoms with van der Waals surface area (Å²) in [5, 5.41) is 12.6. The minimum atomic E-state index is 0.741. The second-order valence-corrected chi connectivity index (χ2v) is 6.15. The smallest absolute Gasteiger partial charge is 0.214 e. The van der Waals surface area contributed by atoms with Crippen LogP contribution in [0.3, 0.4) is 0 Å². The van der Waals surface area contributed by atoms with Gasteiger partial charge in [0.05, 0.1) is 5.69 Å². The van der Waals surface area contributed by atoms with Crippen LogP contribution in [0.1, 0.15) is 5.56 Å². The Kier molecular flexibility index (Phi) is 4.21. The summed E-state index contributed by atoms with van der Waals surface area (Å²) >= 11 is 5.10. The zero-order valence-corrected chi connectivity index (χ0v) is 13.4. The molecule has 3 rings (SSSR count). The van der Waals surface area contributed by atoms with Gasteiger partial charge in [-0.1, -0.05) is 52.0 Å². The first-order valence-corrected chi connectivity index (χ1v) is 8.02. The molecule has 2 aromatic carbocycles. The molecule has 0 saturated heterocycles. The lowest BCUT2D eigenvalue weighted by atomic mass is 10.2. The summed E-state index contributed by atoms with van der Waals surface area (Å²) in [6.45, 7) is 0. The highest BCUT2D eigenvalue weighted by atomic mass is 79.9. The number of thioether (sulfide) groups is 1. The molecule has 0 fully saturated rings. The number of rotatable bonds is 4. The molecule has 0 bridgehead atoms. The fourth-order valence-electron chi connectivity index (χ4n) is 1.82. The first-order valence-electron chi connectivity index (χ1n) is 6.24. The number of hydrogen-bond acceptors (Lipinski definition) is 5. The number of nitrogens with two attached hydrogens (primary N) is 1. The van der Waals surface area contributed by atoms with Crippen molar-refractivity contribution in [1.29, 1.82) is 0 Å². The third-order valence-electron chi connectivity index (χ3n) is 2.88. The Morgan fingerprint density at radius 3 is 2.71 bits per heavy atom. The molecule has 3 aromatic rings. The van der Waals surface area contributed by atoms with Crippen molar-refractivity contribution in [3.63, 3.8) is 0 Å². The Morgan fingerprint density at radius 1 is 1.14 bits per heavy atom. The van der Waals surface area contributed by atoms with Gasteiger partial charge in [-0.25, -0.2) is 0 Å². The van der Waals surface area contributed by atoms with Gasteiger partial charge >= 0.3 is 0 Å². The summed E-state index contributed by atoms with van der Waals surface area (Å²) in [5.74, 6) is 0.758. The summed E-state index contributed by atoms with van der Waals surface area (Å²) in [5.41, 5.74) is 8.58. The van der Waals surface area contributed by atoms with Gasteiger partial charge in [-0.05, 0) is 40.3 Å². The number of tetrazole rings is 1. The lowest BCUT2D eigenvalue weighted by Gasteiger charge is -2.06. The van der Waals surface area contributed by atoms with Crippen LogP contribution in [0, 0.1) is 0 Å². The topological polar surface area (TPSA) is 69.6 Å². The van der Waals surface area contributed by atoms with Crippen LogP contribution in [-0.4, -0.2) is 20.2 Å². The minimum Gasteiger partial charge on any atom is -0.399 e. The Bertz CT molecular complexity index is 744. The maximum atomic E-state index is 5.75. The molecule has 1 aromatic heterocycles. The molecule has 0 aliphatic heterocycles. The van der Waals surface area contributed by atoms with Gasteiger partial charge < -0.3 is 5.73 Å². The lowest BCUT2D eigenvalue weighted by Crippen LogP contribution is -1.98. The number of hydrogen-bond donors (Lipinski definition) is 1. The van der Waals surface area contributed by atoms with Gasteiger partial charge in [0, 0.05) is 15.9 Å². The Morgan fingerprint density at radius 2 is 1.95 bits per heavy atom. The molecule has 0 saturated carbocycles. The SMILES string of the molecule is Nc1ccc(CSc2nnnn2-c2ccccc2)c(Br)c1. The monoisotopic (exact) mass is 361 g/mol. The quantitative estimate of drug-likeness (QED) is 0.570. The van der Waals surface area contributed by atoms with E-state index in [1.54, 1.807) is 16.4 Å². The van der Waals surface area contributed by atoms with E-state index in [9.17, 15) is 0 Å². The molecule has 0 aliphatic rings. The second-order valence-electron chi connectivity index (χ2n) is 4.35. The Hall–Kier alpha value is -1.86. The average Bonchev–Trinajstić information content (AvgIpc) is 2.96. The minimum absolute atomic E-state index is 0.741. The van der Waals surface area contributed by atoms with Crippen LogP contribution >= 0.6 is 27.7 Å². The van der Waals surface area contributed by atoms with Crippen molar-refractivity contribution in [1.82, 2.24) is 20.2 Å². The molecule has 5 nitrogen and oxygen atoms in total. The highest BCUT2D eigenvalue weighted by molar-refractivity contribution is 9.10. The van der Waals surface area contributed by atoms with Gasteiger partial charge in [-0.3, -0.25) is 0 Å². The summed E-state index contributed by atoms with van der Waals surface area (Å²) in [6, 6.07) is 15.6. The number of halogens is 1. The highest BCUT2D eigenvalue weighted by Gasteiger charge is 2.10. The molecule has 1 heterocycles. The Labute approximate surface area is 134 Å². The molecule has 0 radical (unpaired) electrons. The number of anilines is 1. The van der Waals surface area contributed by atoms with E-state index in [-0.39, 0.29) is 0 Å². The zero-order chi connectivity index (χ0) is 14.7. The summed E-state index contributed by atoms with van der Waals surface area (Å²) in [4.78, 5) is 0. The second kappa shape index (κ2) is 6.28. The fraction of sp³-hybridized carbons (Fsp3) is 0.0714. The van der Waals surface area contributed by atoms with E-state index in [1.807, 2.05) is 48.5 Å². The zero-order valence-electron chi connectivity index (χ0n) is 11.0. The first-order chi connectivity index (χ1) is 10.2. The van der Waals surface area contributed by atoms with Crippen LogP contribution in [0.5, 0.6) is 0 Å². The van der Waals surface area contributed by atoms with Gasteiger partial charge in [0.2, 0.25) is 5.16 Å². The summed E-state index contributed by atoms with van der Waals surface area (Å²) < 4.78 is 2.73. The van der Waals surface area contributed by atoms with Gasteiger partial charge in [0.15, 0.2) is 0 Å². The summed E-state index contributed by atoms with van der Waals surface area (Å²) in [7, 11) is 0. The predicted molar refractivity (Wildman–Crippen MR) is 87.3 cm³/mol. The Balaban J connectivity index is 1.79. The lowest BCUT2D eigenvalue weighted by molar-refractivity contribution is 0.756. The van der Waals surface area contributed by atoms with Crippen LogP contribution in [-0.2, 0) is 5.75 Å². The van der Waals surface area contributed by atoms with Crippen LogP contribution in [0.15, 0.2) is 58.2 Å². The van der Waals surface area contributed by atoms with Crippen LogP contribution < -0.4 is 5.73 Å². The van der Waals surface area contributed by atoms with Crippen molar-refractivity contribution in [2.75, 3.05) is 5.73 Å². The van der Waals surface area contributed by atoms with E-state index in [0.717, 1.165) is 32.3 Å². The van der Waals surface area contributed by atoms with Crippen molar-refractivity contribution >= 4 is 33.4 Å². The third kappa shape index (κ3) is 3.25. The molecule has 21 heavy (non-hydrogen) atoms. The number of nitrogens with zero attached hydrogens (tertiary/aromatic N) is 4. The van der Waals surface area contributed by atoms with Gasteiger partial charge in [-0.2, -0.15) is 4.68 Å². The average molecular weight is 362 g/mol. The molecular weight excluding hydrogens is 350 g/mol. The van der Waals surface area contributed by atoms with Crippen molar-refractivity contribution < 1.29 is 0 Å². The van der Waals surface area contributed by atoms with Crippen LogP contribution in [0.2, 0.25) is 0 Å². The van der Waals surface area contributed by atoms with Crippen molar-refractivity contribution in [2.45, 2.75) is 10.9 Å². The number of benzene rings is 2. The number of aromatic nitrogens is 4. The molecular formula is C14H12BrN5S. The normalized spacial score (nSPS) is 10.7. The molecule has 7 heteroatoms. The van der Waals surface area contributed by atoms with Gasteiger partial charge in [0.25, 0.3) is 0 Å². The van der Waals surface area contributed by atoms with E-state index in [2.05, 4.69) is 31.5 Å². The highest BCUT2D eigenvalue weighted by Crippen LogP contribution is 2.27. The van der Waals surface area contributed by atoms with Crippen molar-refractivity contribution in [3.05, 3.63) is 58.6 Å². The van der Waals surface area contributed by atoms with E-state index < -0.39 is 0 Å². The first kappa shape index (κ1) is 14.1. The molecule has 0 aliphatic carbocycles. The standard InChI is InChI=1S/C14H12BrN5S/c15-13-8-11(16)7-6-10(13)9-21-14-17-18-19-20(14)12-4-2-1-3-5-12/h1-8H,9,16H2. The maximum absolute atomic E-state index is 5.75. The van der Waals surface area contributed by atoms with Crippen LogP contribution in [0.25, 0.3) is 5.69 Å². The van der Waals surface area contributed by atoms with E-state index in [0.29, 0.717) is 0 Å². The van der Waals surface area contributed by atoms with E-state index in [1.165, 1.54) is 0 Å².